The van der Waals surface area contributed by atoms with Crippen molar-refractivity contribution in [3.05, 3.63) is 23.8 Å². The normalized spacial score (nSPS) is 21.0. The van der Waals surface area contributed by atoms with Crippen molar-refractivity contribution >= 4 is 11.8 Å². The maximum absolute atomic E-state index is 12.1. The summed E-state index contributed by atoms with van der Waals surface area (Å²) in [4.78, 5) is 25.8. The van der Waals surface area contributed by atoms with Gasteiger partial charge in [0.05, 0.1) is 6.54 Å². The molecular weight excluding hydrogens is 332 g/mol. The van der Waals surface area contributed by atoms with Gasteiger partial charge in [-0.25, -0.2) is 0 Å². The van der Waals surface area contributed by atoms with E-state index < -0.39 is 6.04 Å². The zero-order chi connectivity index (χ0) is 18.5. The molecule has 0 aromatic carbocycles. The first-order valence-electron chi connectivity index (χ1n) is 9.40. The van der Waals surface area contributed by atoms with E-state index >= 15 is 0 Å². The molecule has 1 fully saturated rings. The number of allylic oxidation sites excluding steroid dienone is 1. The van der Waals surface area contributed by atoms with E-state index in [1.807, 2.05) is 0 Å². The third kappa shape index (κ3) is 4.69. The predicted octanol–water partition coefficient (Wildman–Crippen LogP) is 0.243. The molecular formula is C18H28N6O2. The van der Waals surface area contributed by atoms with E-state index in [1.54, 1.807) is 0 Å². The Bertz CT molecular complexity index is 681. The van der Waals surface area contributed by atoms with Gasteiger partial charge < -0.3 is 15.2 Å². The molecule has 2 aliphatic rings. The molecule has 26 heavy (non-hydrogen) atoms. The Kier molecular flexibility index (Phi) is 6.03. The van der Waals surface area contributed by atoms with Gasteiger partial charge in [-0.3, -0.25) is 14.5 Å². The van der Waals surface area contributed by atoms with Crippen LogP contribution in [-0.4, -0.2) is 57.2 Å². The summed E-state index contributed by atoms with van der Waals surface area (Å²) in [6, 6.07) is -0.419. The highest BCUT2D eigenvalue weighted by molar-refractivity contribution is 5.90. The molecule has 0 bridgehead atoms. The van der Waals surface area contributed by atoms with Crippen LogP contribution in [0.5, 0.6) is 0 Å². The van der Waals surface area contributed by atoms with Crippen molar-refractivity contribution < 1.29 is 9.59 Å². The molecule has 8 nitrogen and oxygen atoms in total. The Balaban J connectivity index is 1.53. The number of hydrogen-bond donors (Lipinski definition) is 2. The summed E-state index contributed by atoms with van der Waals surface area (Å²) >= 11 is 0. The molecule has 142 valence electrons. The highest BCUT2D eigenvalue weighted by Crippen LogP contribution is 2.11. The highest BCUT2D eigenvalue weighted by Gasteiger charge is 2.27. The first-order chi connectivity index (χ1) is 12.5. The number of carbonyl (C=O) groups excluding carboxylic acids is 2. The Morgan fingerprint density at radius 2 is 2.15 bits per heavy atom. The Morgan fingerprint density at radius 3 is 2.88 bits per heavy atom. The van der Waals surface area contributed by atoms with Gasteiger partial charge in [-0.2, -0.15) is 0 Å². The van der Waals surface area contributed by atoms with Gasteiger partial charge in [-0.05, 0) is 12.3 Å². The van der Waals surface area contributed by atoms with Gasteiger partial charge in [0.25, 0.3) is 0 Å². The summed E-state index contributed by atoms with van der Waals surface area (Å²) in [6.45, 7) is 8.36. The van der Waals surface area contributed by atoms with Crippen LogP contribution in [0.2, 0.25) is 0 Å². The second-order valence-electron chi connectivity index (χ2n) is 7.28. The molecule has 0 radical (unpaired) electrons. The average Bonchev–Trinajstić information content (AvgIpc) is 3.15. The molecule has 2 amide bonds. The van der Waals surface area contributed by atoms with Gasteiger partial charge in [0, 0.05) is 39.0 Å². The smallest absolute Gasteiger partial charge is 0.242 e. The van der Waals surface area contributed by atoms with Gasteiger partial charge in [0.2, 0.25) is 11.8 Å². The molecule has 0 saturated carbocycles. The largest absolute Gasteiger partial charge is 0.347 e. The molecule has 1 aromatic heterocycles. The fourth-order valence-corrected chi connectivity index (χ4v) is 3.32. The minimum absolute atomic E-state index is 0.0619. The molecule has 1 atom stereocenters. The van der Waals surface area contributed by atoms with Gasteiger partial charge in [-0.1, -0.05) is 26.0 Å². The van der Waals surface area contributed by atoms with Crippen molar-refractivity contribution in [2.75, 3.05) is 19.6 Å². The van der Waals surface area contributed by atoms with Crippen LogP contribution in [0.1, 0.15) is 38.3 Å². The number of rotatable bonds is 6. The molecule has 1 aromatic rings. The molecule has 0 spiro atoms. The molecule has 3 heterocycles. The number of amides is 2. The Labute approximate surface area is 154 Å². The van der Waals surface area contributed by atoms with Crippen molar-refractivity contribution in [3.63, 3.8) is 0 Å². The topological polar surface area (TPSA) is 92.2 Å². The molecule has 2 aliphatic heterocycles. The lowest BCUT2D eigenvalue weighted by atomic mass is 10.2. The Morgan fingerprint density at radius 1 is 1.31 bits per heavy atom. The van der Waals surface area contributed by atoms with E-state index in [2.05, 4.69) is 56.3 Å². The summed E-state index contributed by atoms with van der Waals surface area (Å²) in [6.07, 6.45) is 6.29. The fourth-order valence-electron chi connectivity index (χ4n) is 3.32. The van der Waals surface area contributed by atoms with Crippen molar-refractivity contribution in [3.8, 4) is 0 Å². The monoisotopic (exact) mass is 360 g/mol. The zero-order valence-corrected chi connectivity index (χ0v) is 15.6. The summed E-state index contributed by atoms with van der Waals surface area (Å²) in [7, 11) is 0. The van der Waals surface area contributed by atoms with Crippen LogP contribution in [0.15, 0.2) is 12.2 Å². The third-order valence-electron chi connectivity index (χ3n) is 4.81. The summed E-state index contributed by atoms with van der Waals surface area (Å²) in [5.41, 5.74) is 0. The van der Waals surface area contributed by atoms with Crippen LogP contribution in [0.4, 0.5) is 0 Å². The number of aromatic nitrogens is 3. The van der Waals surface area contributed by atoms with E-state index in [-0.39, 0.29) is 11.8 Å². The fraction of sp³-hybridized carbons (Fsp3) is 0.667. The number of nitrogens with zero attached hydrogens (tertiary/aromatic N) is 4. The molecule has 3 rings (SSSR count). The van der Waals surface area contributed by atoms with Gasteiger partial charge in [0.1, 0.15) is 11.9 Å². The van der Waals surface area contributed by atoms with Gasteiger partial charge in [0.15, 0.2) is 5.82 Å². The lowest BCUT2D eigenvalue weighted by Gasteiger charge is -2.17. The molecule has 1 unspecified atom stereocenters. The second-order valence-corrected chi connectivity index (χ2v) is 7.28. The van der Waals surface area contributed by atoms with E-state index in [1.165, 1.54) is 0 Å². The molecule has 8 heteroatoms. The number of fused-ring (bicyclic) bond motifs is 1. The first-order valence-corrected chi connectivity index (χ1v) is 9.40. The van der Waals surface area contributed by atoms with Crippen molar-refractivity contribution in [1.82, 2.24) is 30.3 Å². The first kappa shape index (κ1) is 18.6. The van der Waals surface area contributed by atoms with Crippen LogP contribution >= 0.6 is 0 Å². The molecule has 2 N–H and O–H groups in total. The lowest BCUT2D eigenvalue weighted by molar-refractivity contribution is -0.125. The minimum Gasteiger partial charge on any atom is -0.347 e. The van der Waals surface area contributed by atoms with Crippen molar-refractivity contribution in [2.45, 2.75) is 52.2 Å². The highest BCUT2D eigenvalue weighted by atomic mass is 16.2. The molecule has 1 saturated heterocycles. The van der Waals surface area contributed by atoms with E-state index in [9.17, 15) is 9.59 Å². The van der Waals surface area contributed by atoms with E-state index in [4.69, 9.17) is 0 Å². The second kappa shape index (κ2) is 8.44. The average molecular weight is 360 g/mol. The lowest BCUT2D eigenvalue weighted by Crippen LogP contribution is -2.41. The van der Waals surface area contributed by atoms with E-state index in [0.717, 1.165) is 44.2 Å². The van der Waals surface area contributed by atoms with E-state index in [0.29, 0.717) is 25.3 Å². The van der Waals surface area contributed by atoms with Crippen molar-refractivity contribution in [2.24, 2.45) is 5.92 Å². The van der Waals surface area contributed by atoms with Crippen LogP contribution in [0, 0.1) is 5.92 Å². The standard InChI is InChI=1S/C18H28N6O2/c1-13(2)4-3-8-23-9-7-15-21-22-16(24(15)11-10-23)12-19-18(26)14-5-6-17(25)20-14/h3-4,13-14H,5-12H2,1-2H3,(H,19,26)(H,20,25). The summed E-state index contributed by atoms with van der Waals surface area (Å²) in [5.74, 6) is 2.10. The van der Waals surface area contributed by atoms with Crippen LogP contribution in [0.3, 0.4) is 0 Å². The van der Waals surface area contributed by atoms with Crippen LogP contribution in [-0.2, 0) is 29.1 Å². The third-order valence-corrected chi connectivity index (χ3v) is 4.81. The quantitative estimate of drug-likeness (QED) is 0.709. The maximum Gasteiger partial charge on any atom is 0.242 e. The van der Waals surface area contributed by atoms with Gasteiger partial charge in [-0.15, -0.1) is 10.2 Å². The number of hydrogen-bond acceptors (Lipinski definition) is 5. The summed E-state index contributed by atoms with van der Waals surface area (Å²) in [5, 5.41) is 14.1. The number of carbonyl (C=O) groups is 2. The van der Waals surface area contributed by atoms with Crippen LogP contribution in [0.25, 0.3) is 0 Å². The Hall–Kier alpha value is -2.22. The summed E-state index contributed by atoms with van der Waals surface area (Å²) < 4.78 is 2.11. The number of nitrogens with one attached hydrogen (secondary N) is 2. The van der Waals surface area contributed by atoms with Crippen LogP contribution < -0.4 is 10.6 Å². The van der Waals surface area contributed by atoms with Crippen molar-refractivity contribution in [1.29, 1.82) is 0 Å². The molecule has 0 aliphatic carbocycles. The minimum atomic E-state index is -0.419. The maximum atomic E-state index is 12.1. The zero-order valence-electron chi connectivity index (χ0n) is 15.6. The SMILES string of the molecule is CC(C)C=CCN1CCc2nnc(CNC(=O)C3CCC(=O)N3)n2CC1. The predicted molar refractivity (Wildman–Crippen MR) is 97.2 cm³/mol. The van der Waals surface area contributed by atoms with Gasteiger partial charge >= 0.3 is 0 Å².